The van der Waals surface area contributed by atoms with E-state index in [4.69, 9.17) is 33.2 Å². The molecule has 6 nitrogen and oxygen atoms in total. The number of halogens is 2. The molecule has 0 atom stereocenters. The van der Waals surface area contributed by atoms with Crippen LogP contribution in [0.1, 0.15) is 6.42 Å². The molecule has 0 aliphatic carbocycles. The molecule has 25 heavy (non-hydrogen) atoms. The Kier molecular flexibility index (Phi) is 8.02. The second-order valence-electron chi connectivity index (χ2n) is 5.49. The van der Waals surface area contributed by atoms with Crippen LogP contribution in [0.15, 0.2) is 30.0 Å². The minimum absolute atomic E-state index is 0.0255. The highest BCUT2D eigenvalue weighted by atomic mass is 35.5. The monoisotopic (exact) mass is 382 g/mol. The molecule has 0 radical (unpaired) electrons. The lowest BCUT2D eigenvalue weighted by Crippen LogP contribution is -2.37. The number of morpholine rings is 1. The first kappa shape index (κ1) is 19.5. The number of amides is 1. The van der Waals surface area contributed by atoms with Crippen molar-refractivity contribution in [1.82, 2.24) is 10.2 Å². The number of nitrogens with zero attached hydrogens (tertiary/aromatic N) is 2. The molecule has 1 saturated heterocycles. The fourth-order valence-corrected chi connectivity index (χ4v) is 2.69. The Morgan fingerprint density at radius 1 is 1.36 bits per heavy atom. The molecule has 2 N–H and O–H groups in total. The van der Waals surface area contributed by atoms with Crippen molar-refractivity contribution in [2.45, 2.75) is 6.42 Å². The van der Waals surface area contributed by atoms with E-state index in [1.165, 1.54) is 6.20 Å². The number of ether oxygens (including phenoxy) is 1. The lowest BCUT2D eigenvalue weighted by molar-refractivity contribution is -0.112. The van der Waals surface area contributed by atoms with Gasteiger partial charge in [0.1, 0.15) is 11.6 Å². The van der Waals surface area contributed by atoms with E-state index >= 15 is 0 Å². The van der Waals surface area contributed by atoms with Crippen LogP contribution in [-0.4, -0.2) is 50.2 Å². The summed E-state index contributed by atoms with van der Waals surface area (Å²) in [6.07, 6.45) is 2.34. The Balaban J connectivity index is 1.79. The number of hydrogen-bond donors (Lipinski definition) is 2. The molecule has 8 heteroatoms. The molecule has 0 bridgehead atoms. The van der Waals surface area contributed by atoms with Crippen LogP contribution in [0.25, 0.3) is 0 Å². The standard InChI is InChI=1S/C17H20Cl2N4O2/c18-14-3-1-4-15(16(14)19)22-17(24)13(11-20)12-21-5-2-6-23-7-9-25-10-8-23/h1,3-4,12,21H,2,5-10H2,(H,22,24)/b13-12-. The van der Waals surface area contributed by atoms with Crippen molar-refractivity contribution in [3.05, 3.63) is 40.0 Å². The Labute approximate surface area is 157 Å². The molecule has 0 spiro atoms. The zero-order valence-corrected chi connectivity index (χ0v) is 15.2. The summed E-state index contributed by atoms with van der Waals surface area (Å²) in [5.41, 5.74) is 0.343. The van der Waals surface area contributed by atoms with E-state index in [2.05, 4.69) is 15.5 Å². The van der Waals surface area contributed by atoms with E-state index in [9.17, 15) is 4.79 Å². The molecular weight excluding hydrogens is 363 g/mol. The summed E-state index contributed by atoms with van der Waals surface area (Å²) < 4.78 is 5.30. The third-order valence-electron chi connectivity index (χ3n) is 3.71. The number of hydrogen-bond acceptors (Lipinski definition) is 5. The Morgan fingerprint density at radius 2 is 2.12 bits per heavy atom. The smallest absolute Gasteiger partial charge is 0.267 e. The molecule has 134 valence electrons. The number of nitrogens with one attached hydrogen (secondary N) is 2. The fourth-order valence-electron chi connectivity index (χ4n) is 2.34. The van der Waals surface area contributed by atoms with Crippen LogP contribution in [0.4, 0.5) is 5.69 Å². The van der Waals surface area contributed by atoms with E-state index < -0.39 is 5.91 Å². The summed E-state index contributed by atoms with van der Waals surface area (Å²) in [7, 11) is 0. The first-order chi connectivity index (χ1) is 12.1. The van der Waals surface area contributed by atoms with Crippen molar-refractivity contribution in [3.63, 3.8) is 0 Å². The van der Waals surface area contributed by atoms with Gasteiger partial charge in [0.2, 0.25) is 0 Å². The van der Waals surface area contributed by atoms with Crippen LogP contribution in [0.2, 0.25) is 10.0 Å². The molecule has 2 rings (SSSR count). The van der Waals surface area contributed by atoms with Crippen molar-refractivity contribution >= 4 is 34.8 Å². The van der Waals surface area contributed by atoms with E-state index in [0.717, 1.165) is 39.3 Å². The summed E-state index contributed by atoms with van der Waals surface area (Å²) in [5.74, 6) is -0.535. The van der Waals surface area contributed by atoms with Gasteiger partial charge in [-0.05, 0) is 25.1 Å². The second-order valence-corrected chi connectivity index (χ2v) is 6.27. The highest BCUT2D eigenvalue weighted by Gasteiger charge is 2.13. The van der Waals surface area contributed by atoms with E-state index in [1.54, 1.807) is 18.2 Å². The molecule has 1 amide bonds. The van der Waals surface area contributed by atoms with Gasteiger partial charge < -0.3 is 15.4 Å². The van der Waals surface area contributed by atoms with Gasteiger partial charge in [-0.1, -0.05) is 29.3 Å². The Morgan fingerprint density at radius 3 is 2.84 bits per heavy atom. The maximum Gasteiger partial charge on any atom is 0.267 e. The fraction of sp³-hybridized carbons (Fsp3) is 0.412. The SMILES string of the molecule is N#C/C(=C/NCCCN1CCOCC1)C(=O)Nc1cccc(Cl)c1Cl. The topological polar surface area (TPSA) is 77.4 Å². The number of rotatable bonds is 7. The second kappa shape index (κ2) is 10.3. The lowest BCUT2D eigenvalue weighted by Gasteiger charge is -2.26. The predicted octanol–water partition coefficient (Wildman–Crippen LogP) is 2.65. The van der Waals surface area contributed by atoms with Gasteiger partial charge in [0, 0.05) is 25.8 Å². The minimum atomic E-state index is -0.535. The first-order valence-electron chi connectivity index (χ1n) is 8.01. The zero-order chi connectivity index (χ0) is 18.1. The highest BCUT2D eigenvalue weighted by molar-refractivity contribution is 6.44. The summed E-state index contributed by atoms with van der Waals surface area (Å²) in [6.45, 7) is 5.07. The quantitative estimate of drug-likeness (QED) is 0.430. The zero-order valence-electron chi connectivity index (χ0n) is 13.7. The maximum atomic E-state index is 12.2. The predicted molar refractivity (Wildman–Crippen MR) is 98.7 cm³/mol. The molecule has 1 fully saturated rings. The third kappa shape index (κ3) is 6.22. The van der Waals surface area contributed by atoms with E-state index in [0.29, 0.717) is 17.3 Å². The van der Waals surface area contributed by atoms with Crippen molar-refractivity contribution in [1.29, 1.82) is 5.26 Å². The van der Waals surface area contributed by atoms with Gasteiger partial charge in [-0.2, -0.15) is 5.26 Å². The van der Waals surface area contributed by atoms with Crippen LogP contribution >= 0.6 is 23.2 Å². The van der Waals surface area contributed by atoms with Crippen molar-refractivity contribution in [2.75, 3.05) is 44.7 Å². The molecule has 1 aliphatic rings. The van der Waals surface area contributed by atoms with Gasteiger partial charge >= 0.3 is 0 Å². The molecule has 1 aromatic rings. The van der Waals surface area contributed by atoms with Gasteiger partial charge in [-0.15, -0.1) is 0 Å². The van der Waals surface area contributed by atoms with Crippen LogP contribution in [0.3, 0.4) is 0 Å². The van der Waals surface area contributed by atoms with E-state index in [1.807, 2.05) is 6.07 Å². The van der Waals surface area contributed by atoms with Crippen LogP contribution in [-0.2, 0) is 9.53 Å². The van der Waals surface area contributed by atoms with Crippen LogP contribution in [0, 0.1) is 11.3 Å². The number of benzene rings is 1. The highest BCUT2D eigenvalue weighted by Crippen LogP contribution is 2.29. The molecule has 1 heterocycles. The van der Waals surface area contributed by atoms with Crippen molar-refractivity contribution in [2.24, 2.45) is 0 Å². The van der Waals surface area contributed by atoms with Gasteiger partial charge in [0.15, 0.2) is 0 Å². The van der Waals surface area contributed by atoms with Crippen LogP contribution < -0.4 is 10.6 Å². The lowest BCUT2D eigenvalue weighted by atomic mass is 10.2. The van der Waals surface area contributed by atoms with Gasteiger partial charge in [0.05, 0.1) is 28.9 Å². The molecule has 1 aliphatic heterocycles. The van der Waals surface area contributed by atoms with Gasteiger partial charge in [0.25, 0.3) is 5.91 Å². The molecule has 0 saturated carbocycles. The Bertz CT molecular complexity index is 667. The van der Waals surface area contributed by atoms with E-state index in [-0.39, 0.29) is 10.6 Å². The number of carbonyl (C=O) groups excluding carboxylic acids is 1. The maximum absolute atomic E-state index is 12.2. The first-order valence-corrected chi connectivity index (χ1v) is 8.76. The summed E-state index contributed by atoms with van der Waals surface area (Å²) in [5, 5.41) is 15.3. The van der Waals surface area contributed by atoms with Crippen LogP contribution in [0.5, 0.6) is 0 Å². The minimum Gasteiger partial charge on any atom is -0.390 e. The molecular formula is C17H20Cl2N4O2. The van der Waals surface area contributed by atoms with Crippen molar-refractivity contribution in [3.8, 4) is 6.07 Å². The summed E-state index contributed by atoms with van der Waals surface area (Å²) in [4.78, 5) is 14.5. The summed E-state index contributed by atoms with van der Waals surface area (Å²) >= 11 is 11.9. The van der Waals surface area contributed by atoms with Gasteiger partial charge in [-0.25, -0.2) is 0 Å². The normalized spacial score (nSPS) is 15.5. The average molecular weight is 383 g/mol. The summed E-state index contributed by atoms with van der Waals surface area (Å²) in [6, 6.07) is 6.79. The number of anilines is 1. The molecule has 0 aromatic heterocycles. The Hall–Kier alpha value is -1.78. The number of carbonyl (C=O) groups is 1. The molecule has 1 aromatic carbocycles. The van der Waals surface area contributed by atoms with Gasteiger partial charge in [-0.3, -0.25) is 9.69 Å². The third-order valence-corrected chi connectivity index (χ3v) is 4.53. The number of nitriles is 1. The largest absolute Gasteiger partial charge is 0.390 e. The molecule has 0 unspecified atom stereocenters. The average Bonchev–Trinajstić information content (AvgIpc) is 2.63. The van der Waals surface area contributed by atoms with Crippen molar-refractivity contribution < 1.29 is 9.53 Å².